The Morgan fingerprint density at radius 2 is 2.21 bits per heavy atom. The van der Waals surface area contributed by atoms with Crippen molar-refractivity contribution >= 4 is 21.4 Å². The minimum absolute atomic E-state index is 0.113. The fourth-order valence-electron chi connectivity index (χ4n) is 2.51. The Hall–Kier alpha value is -0.430. The number of rotatable bonds is 4. The third-order valence-electron chi connectivity index (χ3n) is 3.57. The molecule has 1 atom stereocenters. The molecule has 0 spiro atoms. The van der Waals surface area contributed by atoms with Crippen molar-refractivity contribution in [2.24, 2.45) is 0 Å². The van der Waals surface area contributed by atoms with Gasteiger partial charge in [0.1, 0.15) is 4.21 Å². The van der Waals surface area contributed by atoms with Crippen LogP contribution in [0.4, 0.5) is 0 Å². The molecule has 1 aromatic heterocycles. The van der Waals surface area contributed by atoms with Gasteiger partial charge in [-0.15, -0.1) is 11.3 Å². The zero-order valence-electron chi connectivity index (χ0n) is 11.6. The van der Waals surface area contributed by atoms with Crippen molar-refractivity contribution in [3.8, 4) is 0 Å². The number of nitrogens with one attached hydrogen (secondary N) is 1. The van der Waals surface area contributed by atoms with Crippen LogP contribution in [0, 0.1) is 0 Å². The van der Waals surface area contributed by atoms with Crippen molar-refractivity contribution in [1.29, 1.82) is 0 Å². The Morgan fingerprint density at radius 1 is 1.42 bits per heavy atom. The molecule has 0 bridgehead atoms. The molecule has 1 unspecified atom stereocenters. The second kappa shape index (κ2) is 6.35. The summed E-state index contributed by atoms with van der Waals surface area (Å²) in [5.74, 6) is 0. The fourth-order valence-corrected chi connectivity index (χ4v) is 5.54. The first-order valence-electron chi connectivity index (χ1n) is 6.79. The molecule has 0 amide bonds. The highest BCUT2D eigenvalue weighted by atomic mass is 32.2. The zero-order valence-corrected chi connectivity index (χ0v) is 13.2. The average molecular weight is 302 g/mol. The van der Waals surface area contributed by atoms with Crippen LogP contribution in [0.2, 0.25) is 0 Å². The van der Waals surface area contributed by atoms with Crippen molar-refractivity contribution in [3.05, 3.63) is 17.0 Å². The molecule has 1 aromatic rings. The molecule has 1 N–H and O–H groups in total. The minimum Gasteiger partial charge on any atom is -0.316 e. The molecule has 0 aromatic carbocycles. The lowest BCUT2D eigenvalue weighted by molar-refractivity contribution is 0.343. The van der Waals surface area contributed by atoms with E-state index < -0.39 is 10.0 Å². The predicted molar refractivity (Wildman–Crippen MR) is 78.9 cm³/mol. The fraction of sp³-hybridized carbons (Fsp3) is 0.692. The van der Waals surface area contributed by atoms with Gasteiger partial charge in [-0.1, -0.05) is 12.8 Å². The second-order valence-corrected chi connectivity index (χ2v) is 8.15. The lowest BCUT2D eigenvalue weighted by atomic mass is 10.1. The van der Waals surface area contributed by atoms with E-state index in [1.807, 2.05) is 19.4 Å². The van der Waals surface area contributed by atoms with E-state index in [1.165, 1.54) is 11.3 Å². The summed E-state index contributed by atoms with van der Waals surface area (Å²) < 4.78 is 27.5. The topological polar surface area (TPSA) is 49.4 Å². The minimum atomic E-state index is -3.31. The van der Waals surface area contributed by atoms with E-state index in [4.69, 9.17) is 0 Å². The van der Waals surface area contributed by atoms with Crippen LogP contribution in [-0.4, -0.2) is 32.4 Å². The maximum Gasteiger partial charge on any atom is 0.252 e. The highest BCUT2D eigenvalue weighted by molar-refractivity contribution is 7.91. The van der Waals surface area contributed by atoms with Crippen LogP contribution in [0.3, 0.4) is 0 Å². The molecule has 1 fully saturated rings. The quantitative estimate of drug-likeness (QED) is 0.929. The van der Waals surface area contributed by atoms with E-state index in [0.717, 1.165) is 31.2 Å². The summed E-state index contributed by atoms with van der Waals surface area (Å²) in [6, 6.07) is 1.91. The summed E-state index contributed by atoms with van der Waals surface area (Å²) >= 11 is 1.33. The Morgan fingerprint density at radius 3 is 2.95 bits per heavy atom. The van der Waals surface area contributed by atoms with E-state index >= 15 is 0 Å². The average Bonchev–Trinajstić information content (AvgIpc) is 2.72. The molecule has 2 heterocycles. The normalized spacial score (nSPS) is 22.3. The summed E-state index contributed by atoms with van der Waals surface area (Å²) in [6.45, 7) is 3.38. The van der Waals surface area contributed by atoms with E-state index in [2.05, 4.69) is 5.32 Å². The monoisotopic (exact) mass is 302 g/mol. The van der Waals surface area contributed by atoms with Crippen LogP contribution in [0.15, 0.2) is 15.7 Å². The van der Waals surface area contributed by atoms with Crippen molar-refractivity contribution in [2.75, 3.05) is 13.6 Å². The maximum absolute atomic E-state index is 12.7. The van der Waals surface area contributed by atoms with Gasteiger partial charge in [-0.25, -0.2) is 8.42 Å². The Balaban J connectivity index is 2.24. The van der Waals surface area contributed by atoms with Crippen LogP contribution >= 0.6 is 11.3 Å². The number of hydrogen-bond acceptors (Lipinski definition) is 4. The van der Waals surface area contributed by atoms with Gasteiger partial charge in [0.2, 0.25) is 0 Å². The SMILES string of the molecule is CNCc1csc(S(=O)(=O)N2CCCCCC2C)c1. The van der Waals surface area contributed by atoms with Gasteiger partial charge in [0.25, 0.3) is 10.0 Å². The Kier molecular flexibility index (Phi) is 5.00. The van der Waals surface area contributed by atoms with Crippen molar-refractivity contribution < 1.29 is 8.42 Å². The summed E-state index contributed by atoms with van der Waals surface area (Å²) in [4.78, 5) is 0. The summed E-state index contributed by atoms with van der Waals surface area (Å²) in [7, 11) is -1.44. The first-order chi connectivity index (χ1) is 9.05. The lowest BCUT2D eigenvalue weighted by Gasteiger charge is -2.25. The molecule has 2 rings (SSSR count). The molecule has 19 heavy (non-hydrogen) atoms. The van der Waals surface area contributed by atoms with Crippen LogP contribution in [0.25, 0.3) is 0 Å². The van der Waals surface area contributed by atoms with Gasteiger partial charge >= 0.3 is 0 Å². The van der Waals surface area contributed by atoms with Crippen molar-refractivity contribution in [1.82, 2.24) is 9.62 Å². The van der Waals surface area contributed by atoms with Crippen LogP contribution in [0.1, 0.15) is 38.2 Å². The van der Waals surface area contributed by atoms with Gasteiger partial charge in [0.05, 0.1) is 0 Å². The van der Waals surface area contributed by atoms with Crippen LogP contribution in [-0.2, 0) is 16.6 Å². The van der Waals surface area contributed by atoms with E-state index in [0.29, 0.717) is 17.3 Å². The Labute approximate surface area is 119 Å². The summed E-state index contributed by atoms with van der Waals surface area (Å²) in [5, 5.41) is 4.97. The van der Waals surface area contributed by atoms with Crippen molar-refractivity contribution in [3.63, 3.8) is 0 Å². The third-order valence-corrected chi connectivity index (χ3v) is 7.04. The van der Waals surface area contributed by atoms with E-state index in [1.54, 1.807) is 10.4 Å². The van der Waals surface area contributed by atoms with Gasteiger partial charge < -0.3 is 5.32 Å². The molecule has 1 saturated heterocycles. The highest BCUT2D eigenvalue weighted by Crippen LogP contribution is 2.28. The summed E-state index contributed by atoms with van der Waals surface area (Å²) in [6.07, 6.45) is 4.20. The number of hydrogen-bond donors (Lipinski definition) is 1. The Bertz CT molecular complexity index is 510. The lowest BCUT2D eigenvalue weighted by Crippen LogP contribution is -2.37. The van der Waals surface area contributed by atoms with Crippen LogP contribution in [0.5, 0.6) is 0 Å². The molecule has 0 radical (unpaired) electrons. The third kappa shape index (κ3) is 3.37. The highest BCUT2D eigenvalue weighted by Gasteiger charge is 2.30. The predicted octanol–water partition coefficient (Wildman–Crippen LogP) is 2.42. The van der Waals surface area contributed by atoms with E-state index in [9.17, 15) is 8.42 Å². The van der Waals surface area contributed by atoms with Crippen LogP contribution < -0.4 is 5.32 Å². The van der Waals surface area contributed by atoms with Crippen molar-refractivity contribution in [2.45, 2.75) is 49.4 Å². The molecular formula is C13H22N2O2S2. The smallest absolute Gasteiger partial charge is 0.252 e. The molecule has 1 aliphatic rings. The molecule has 4 nitrogen and oxygen atoms in total. The molecule has 108 valence electrons. The standard InChI is InChI=1S/C13H22N2O2S2/c1-11-6-4-3-5-7-15(11)19(16,17)13-8-12(9-14-2)10-18-13/h8,10-11,14H,3-7,9H2,1-2H3. The maximum atomic E-state index is 12.7. The van der Waals surface area contributed by atoms with Gasteiger partial charge in [-0.05, 0) is 43.8 Å². The van der Waals surface area contributed by atoms with Gasteiger partial charge in [-0.2, -0.15) is 4.31 Å². The molecule has 0 aliphatic carbocycles. The zero-order chi connectivity index (χ0) is 13.9. The second-order valence-electron chi connectivity index (χ2n) is 5.12. The largest absolute Gasteiger partial charge is 0.316 e. The number of sulfonamides is 1. The van der Waals surface area contributed by atoms with Gasteiger partial charge in [0.15, 0.2) is 0 Å². The van der Waals surface area contributed by atoms with Gasteiger partial charge in [0, 0.05) is 19.1 Å². The number of thiophene rings is 1. The molecular weight excluding hydrogens is 280 g/mol. The first kappa shape index (κ1) is 15.0. The molecule has 0 saturated carbocycles. The summed E-state index contributed by atoms with van der Waals surface area (Å²) in [5.41, 5.74) is 1.04. The van der Waals surface area contributed by atoms with E-state index in [-0.39, 0.29) is 6.04 Å². The first-order valence-corrected chi connectivity index (χ1v) is 9.11. The number of nitrogens with zero attached hydrogens (tertiary/aromatic N) is 1. The molecule has 6 heteroatoms. The van der Waals surface area contributed by atoms with Gasteiger partial charge in [-0.3, -0.25) is 0 Å². The molecule has 1 aliphatic heterocycles.